The lowest BCUT2D eigenvalue weighted by Crippen LogP contribution is -2.21. The van der Waals surface area contributed by atoms with Crippen molar-refractivity contribution in [1.29, 1.82) is 0 Å². The number of carbonyl (C=O) groups is 2. The van der Waals surface area contributed by atoms with Crippen LogP contribution in [0.3, 0.4) is 0 Å². The molecule has 2 aromatic heterocycles. The minimum Gasteiger partial charge on any atom is -0.288 e. The fourth-order valence-corrected chi connectivity index (χ4v) is 3.00. The first-order valence-electron chi connectivity index (χ1n) is 5.32. The van der Waals surface area contributed by atoms with Gasteiger partial charge < -0.3 is 0 Å². The number of thiophene rings is 1. The van der Waals surface area contributed by atoms with E-state index in [1.807, 2.05) is 0 Å². The quantitative estimate of drug-likeness (QED) is 0.501. The van der Waals surface area contributed by atoms with Crippen LogP contribution in [0, 0.1) is 17.0 Å². The van der Waals surface area contributed by atoms with E-state index in [1.165, 1.54) is 11.6 Å². The van der Waals surface area contributed by atoms with Crippen LogP contribution in [0.2, 0.25) is 0 Å². The molecule has 0 saturated heterocycles. The monoisotopic (exact) mass is 274 g/mol. The normalized spacial score (nSPS) is 13.1. The number of carbonyl (C=O) groups excluding carboxylic acids is 2. The van der Waals surface area contributed by atoms with E-state index in [2.05, 4.69) is 4.98 Å². The third kappa shape index (κ3) is 1.52. The number of rotatable bonds is 1. The minimum atomic E-state index is -0.653. The third-order valence-corrected chi connectivity index (χ3v) is 3.85. The zero-order valence-electron chi connectivity index (χ0n) is 9.67. The predicted octanol–water partition coefficient (Wildman–Crippen LogP) is 2.14. The minimum absolute atomic E-state index is 0.00963. The SMILES string of the molecule is Cc1cnc2c(c1)C(=O)c1scc([N+](=O)[O-])c1C2=O. The highest BCUT2D eigenvalue weighted by molar-refractivity contribution is 7.13. The Labute approximate surface area is 110 Å². The first-order chi connectivity index (χ1) is 9.00. The van der Waals surface area contributed by atoms with Gasteiger partial charge in [-0.05, 0) is 18.6 Å². The fourth-order valence-electron chi connectivity index (χ4n) is 2.03. The summed E-state index contributed by atoms with van der Waals surface area (Å²) in [5.74, 6) is -0.934. The number of hydrogen-bond acceptors (Lipinski definition) is 6. The molecule has 0 aromatic carbocycles. The van der Waals surface area contributed by atoms with Crippen molar-refractivity contribution in [2.24, 2.45) is 0 Å². The summed E-state index contributed by atoms with van der Waals surface area (Å²) in [4.78, 5) is 38.8. The van der Waals surface area contributed by atoms with Gasteiger partial charge in [0.1, 0.15) is 11.3 Å². The second-order valence-electron chi connectivity index (χ2n) is 4.15. The van der Waals surface area contributed by atoms with E-state index < -0.39 is 10.7 Å². The first-order valence-corrected chi connectivity index (χ1v) is 6.20. The fraction of sp³-hybridized carbons (Fsp3) is 0.0833. The number of ketones is 2. The predicted molar refractivity (Wildman–Crippen MR) is 66.8 cm³/mol. The Morgan fingerprint density at radius 1 is 1.32 bits per heavy atom. The largest absolute Gasteiger partial charge is 0.292 e. The Morgan fingerprint density at radius 3 is 2.74 bits per heavy atom. The molecule has 0 aliphatic heterocycles. The van der Waals surface area contributed by atoms with Crippen molar-refractivity contribution >= 4 is 28.6 Å². The second-order valence-corrected chi connectivity index (χ2v) is 5.03. The summed E-state index contributed by atoms with van der Waals surface area (Å²) >= 11 is 0.922. The van der Waals surface area contributed by atoms with Crippen molar-refractivity contribution in [3.63, 3.8) is 0 Å². The van der Waals surface area contributed by atoms with Crippen molar-refractivity contribution < 1.29 is 14.5 Å². The van der Waals surface area contributed by atoms with Crippen molar-refractivity contribution in [2.75, 3.05) is 0 Å². The molecule has 1 aliphatic rings. The van der Waals surface area contributed by atoms with Crippen LogP contribution >= 0.6 is 11.3 Å². The maximum atomic E-state index is 12.2. The molecule has 0 bridgehead atoms. The highest BCUT2D eigenvalue weighted by atomic mass is 32.1. The first kappa shape index (κ1) is 11.7. The summed E-state index contributed by atoms with van der Waals surface area (Å²) in [5.41, 5.74) is 0.503. The number of nitrogens with zero attached hydrogens (tertiary/aromatic N) is 2. The molecule has 0 saturated carbocycles. The van der Waals surface area contributed by atoms with Gasteiger partial charge in [-0.3, -0.25) is 24.7 Å². The van der Waals surface area contributed by atoms with Crippen LogP contribution in [0.1, 0.15) is 36.9 Å². The van der Waals surface area contributed by atoms with Gasteiger partial charge in [-0.2, -0.15) is 0 Å². The third-order valence-electron chi connectivity index (χ3n) is 2.89. The Hall–Kier alpha value is -2.41. The molecule has 1 aliphatic carbocycles. The summed E-state index contributed by atoms with van der Waals surface area (Å²) in [7, 11) is 0. The molecule has 2 heterocycles. The zero-order valence-corrected chi connectivity index (χ0v) is 10.5. The van der Waals surface area contributed by atoms with E-state index in [-0.39, 0.29) is 33.2 Å². The van der Waals surface area contributed by atoms with Crippen molar-refractivity contribution in [3.8, 4) is 0 Å². The highest BCUT2D eigenvalue weighted by Crippen LogP contribution is 2.36. The van der Waals surface area contributed by atoms with Gasteiger partial charge in [0.05, 0.1) is 20.7 Å². The molecule has 94 valence electrons. The van der Waals surface area contributed by atoms with E-state index in [0.717, 1.165) is 16.9 Å². The molecule has 3 rings (SSSR count). The molecule has 0 amide bonds. The number of pyridine rings is 1. The van der Waals surface area contributed by atoms with E-state index in [4.69, 9.17) is 0 Å². The highest BCUT2D eigenvalue weighted by Gasteiger charge is 2.38. The van der Waals surface area contributed by atoms with Crippen LogP contribution in [-0.2, 0) is 0 Å². The summed E-state index contributed by atoms with van der Waals surface area (Å²) < 4.78 is 0. The van der Waals surface area contributed by atoms with Crippen molar-refractivity contribution in [2.45, 2.75) is 6.92 Å². The molecule has 0 spiro atoms. The molecule has 0 radical (unpaired) electrons. The number of aryl methyl sites for hydroxylation is 1. The summed E-state index contributed by atoms with van der Waals surface area (Å²) in [6.07, 6.45) is 1.47. The lowest BCUT2D eigenvalue weighted by molar-refractivity contribution is -0.384. The van der Waals surface area contributed by atoms with Crippen LogP contribution in [-0.4, -0.2) is 21.5 Å². The average Bonchev–Trinajstić information content (AvgIpc) is 2.81. The molecule has 0 unspecified atom stereocenters. The van der Waals surface area contributed by atoms with Gasteiger partial charge in [0.15, 0.2) is 0 Å². The van der Waals surface area contributed by atoms with Crippen LogP contribution in [0.25, 0.3) is 0 Å². The maximum Gasteiger partial charge on any atom is 0.292 e. The molecule has 2 aromatic rings. The van der Waals surface area contributed by atoms with E-state index >= 15 is 0 Å². The Bertz CT molecular complexity index is 763. The average molecular weight is 274 g/mol. The smallest absolute Gasteiger partial charge is 0.288 e. The van der Waals surface area contributed by atoms with E-state index in [9.17, 15) is 19.7 Å². The topological polar surface area (TPSA) is 90.2 Å². The summed E-state index contributed by atoms with van der Waals surface area (Å²) in [6.45, 7) is 1.76. The van der Waals surface area contributed by atoms with Gasteiger partial charge in [-0.15, -0.1) is 11.3 Å². The van der Waals surface area contributed by atoms with Crippen LogP contribution in [0.15, 0.2) is 17.6 Å². The van der Waals surface area contributed by atoms with E-state index in [0.29, 0.717) is 0 Å². The molecular formula is C12H6N2O4S. The lowest BCUT2D eigenvalue weighted by Gasteiger charge is -2.12. The number of aromatic nitrogens is 1. The Kier molecular flexibility index (Phi) is 2.33. The zero-order chi connectivity index (χ0) is 13.7. The molecular weight excluding hydrogens is 268 g/mol. The molecule has 0 atom stereocenters. The maximum absolute atomic E-state index is 12.2. The van der Waals surface area contributed by atoms with Gasteiger partial charge in [-0.1, -0.05) is 0 Å². The molecule has 0 N–H and O–H groups in total. The standard InChI is InChI=1S/C12H6N2O4S/c1-5-2-6-9(13-3-5)11(16)8-7(14(17)18)4-19-12(8)10(6)15/h2-4H,1H3. The Balaban J connectivity index is 2.31. The lowest BCUT2D eigenvalue weighted by atomic mass is 9.91. The number of hydrogen-bond donors (Lipinski definition) is 0. The van der Waals surface area contributed by atoms with Crippen LogP contribution in [0.4, 0.5) is 5.69 Å². The Morgan fingerprint density at radius 2 is 2.05 bits per heavy atom. The second kappa shape index (κ2) is 3.79. The van der Waals surface area contributed by atoms with Crippen molar-refractivity contribution in [1.82, 2.24) is 4.98 Å². The number of nitro groups is 1. The number of fused-ring (bicyclic) bond motifs is 2. The van der Waals surface area contributed by atoms with Crippen molar-refractivity contribution in [3.05, 3.63) is 55.0 Å². The summed E-state index contributed by atoms with van der Waals surface area (Å²) in [6, 6.07) is 1.58. The van der Waals surface area contributed by atoms with Gasteiger partial charge in [0, 0.05) is 6.20 Å². The van der Waals surface area contributed by atoms with Gasteiger partial charge in [0.2, 0.25) is 11.6 Å². The molecule has 7 heteroatoms. The molecule has 6 nitrogen and oxygen atoms in total. The molecule has 0 fully saturated rings. The van der Waals surface area contributed by atoms with Gasteiger partial charge in [0.25, 0.3) is 5.69 Å². The van der Waals surface area contributed by atoms with E-state index in [1.54, 1.807) is 13.0 Å². The van der Waals surface area contributed by atoms with Gasteiger partial charge in [-0.25, -0.2) is 0 Å². The molecule has 19 heavy (non-hydrogen) atoms. The van der Waals surface area contributed by atoms with Crippen LogP contribution < -0.4 is 0 Å². The van der Waals surface area contributed by atoms with Gasteiger partial charge >= 0.3 is 0 Å². The van der Waals surface area contributed by atoms with Crippen LogP contribution in [0.5, 0.6) is 0 Å². The summed E-state index contributed by atoms with van der Waals surface area (Å²) in [5, 5.41) is 12.1.